The maximum Gasteiger partial charge on any atom is 0.329 e. The lowest BCUT2D eigenvalue weighted by Crippen LogP contribution is -2.65. The number of hydrogen-bond acceptors (Lipinski definition) is 15. The van der Waals surface area contributed by atoms with Crippen LogP contribution in [0, 0.1) is 41.4 Å². The minimum absolute atomic E-state index is 0.0402. The van der Waals surface area contributed by atoms with Crippen molar-refractivity contribution >= 4 is 34.9 Å². The lowest BCUT2D eigenvalue weighted by Gasteiger charge is -2.50. The van der Waals surface area contributed by atoms with E-state index in [-0.39, 0.29) is 48.8 Å². The van der Waals surface area contributed by atoms with Gasteiger partial charge in [0.25, 0.3) is 11.7 Å². The van der Waals surface area contributed by atoms with E-state index in [1.807, 2.05) is 61.4 Å². The van der Waals surface area contributed by atoms with Crippen LogP contribution in [0.2, 0.25) is 0 Å². The summed E-state index contributed by atoms with van der Waals surface area (Å²) in [6.45, 7) is 10.9. The minimum atomic E-state index is -2.48. The first-order valence-corrected chi connectivity index (χ1v) is 26.3. The van der Waals surface area contributed by atoms with Gasteiger partial charge in [-0.2, -0.15) is 0 Å². The zero-order valence-corrected chi connectivity index (χ0v) is 43.7. The average Bonchev–Trinajstić information content (AvgIpc) is 3.37. The molecule has 4 fully saturated rings. The van der Waals surface area contributed by atoms with Gasteiger partial charge in [-0.3, -0.25) is 24.0 Å². The summed E-state index contributed by atoms with van der Waals surface area (Å²) >= 11 is 0. The van der Waals surface area contributed by atoms with Crippen LogP contribution >= 0.6 is 0 Å². The zero-order chi connectivity index (χ0) is 52.2. The van der Waals surface area contributed by atoms with Gasteiger partial charge in [0, 0.05) is 64.4 Å². The maximum atomic E-state index is 14.6. The normalized spacial score (nSPS) is 41.7. The lowest BCUT2D eigenvalue weighted by molar-refractivity contribution is -0.266. The van der Waals surface area contributed by atoms with E-state index in [9.17, 15) is 39.3 Å². The number of amides is 1. The first-order chi connectivity index (χ1) is 34.3. The van der Waals surface area contributed by atoms with Gasteiger partial charge in [-0.05, 0) is 119 Å². The number of esters is 1. The maximum absolute atomic E-state index is 14.6. The Bertz CT molecular complexity index is 2180. The Balaban J connectivity index is 1.24. The number of hydrogen-bond donors (Lipinski definition) is 3. The third-order valence-electron chi connectivity index (χ3n) is 16.9. The topological polar surface area (TPSA) is 208 Å². The van der Waals surface area contributed by atoms with Gasteiger partial charge in [-0.15, -0.1) is 0 Å². The van der Waals surface area contributed by atoms with Gasteiger partial charge < -0.3 is 43.9 Å². The third-order valence-corrected chi connectivity index (χ3v) is 16.9. The average molecular weight is 1010 g/mol. The number of aliphatic hydroxyl groups is 3. The number of aliphatic hydroxyl groups excluding tert-OH is 2. The molecule has 8 aliphatic heterocycles. The zero-order valence-electron chi connectivity index (χ0n) is 43.7. The van der Waals surface area contributed by atoms with Crippen molar-refractivity contribution in [3.05, 3.63) is 65.8 Å². The van der Waals surface area contributed by atoms with Crippen molar-refractivity contribution in [2.24, 2.45) is 41.4 Å². The van der Waals surface area contributed by atoms with Crippen LogP contribution < -0.4 is 5.06 Å². The van der Waals surface area contributed by atoms with Gasteiger partial charge in [-0.1, -0.05) is 64.1 Å². The number of benzene rings is 1. The number of Topliss-reactive ketones (excluding diaryl/α,β-unsaturated/α-hetero) is 3. The summed E-state index contributed by atoms with van der Waals surface area (Å²) in [5, 5.41) is 36.5. The first kappa shape index (κ1) is 55.6. The molecule has 3 N–H and O–H groups in total. The molecule has 0 aromatic heterocycles. The van der Waals surface area contributed by atoms with Crippen LogP contribution in [0.15, 0.2) is 65.8 Å². The number of ketones is 3. The summed E-state index contributed by atoms with van der Waals surface area (Å²) in [4.78, 5) is 80.0. The number of rotatable bonds is 6. The van der Waals surface area contributed by atoms with Crippen LogP contribution in [0.3, 0.4) is 0 Å². The van der Waals surface area contributed by atoms with Crippen molar-refractivity contribution in [2.45, 2.75) is 179 Å². The molecular formula is C56H80N2O14. The van der Waals surface area contributed by atoms with Gasteiger partial charge in [0.1, 0.15) is 36.2 Å². The Morgan fingerprint density at radius 1 is 0.819 bits per heavy atom. The Morgan fingerprint density at radius 2 is 1.56 bits per heavy atom. The van der Waals surface area contributed by atoms with E-state index in [4.69, 9.17) is 28.5 Å². The smallest absolute Gasteiger partial charge is 0.329 e. The second-order valence-electron chi connectivity index (χ2n) is 21.9. The number of nitrogens with zero attached hydrogens (tertiary/aromatic N) is 2. The van der Waals surface area contributed by atoms with Crippen LogP contribution in [-0.2, 0) is 52.5 Å². The molecular weight excluding hydrogens is 925 g/mol. The van der Waals surface area contributed by atoms with Gasteiger partial charge in [0.15, 0.2) is 5.78 Å². The monoisotopic (exact) mass is 1000 g/mol. The van der Waals surface area contributed by atoms with E-state index >= 15 is 0 Å². The molecule has 9 aliphatic rings. The molecule has 18 atom stereocenters. The summed E-state index contributed by atoms with van der Waals surface area (Å²) in [7, 11) is 4.53. The van der Waals surface area contributed by atoms with E-state index in [1.54, 1.807) is 41.1 Å². The molecule has 0 spiro atoms. The number of para-hydroxylation sites is 1. The van der Waals surface area contributed by atoms with Crippen molar-refractivity contribution in [1.29, 1.82) is 0 Å². The molecule has 8 heterocycles. The SMILES string of the molecule is CO[C@H]1C[C@@H]2CC[C@@H](C)[C@@](O)(O2)C(=O)C(=O)N2CCCC3[C@H]2C(=O)O[C@@H](CC(=O)[C@H](C)/C=C(\C)[C@@H](O)[C@@H](OC)C(=O)[C@H](C)C[C@H](C)[C@@H]2C=C[C@H](/C=C/1C)ON2c1ccccc1)[C@H]3C[C@@H]1CC[C@@H](O)[C@H](OC)C1. The van der Waals surface area contributed by atoms with Crippen molar-refractivity contribution in [2.75, 3.05) is 32.9 Å². The van der Waals surface area contributed by atoms with Crippen LogP contribution in [0.4, 0.5) is 5.69 Å². The highest BCUT2D eigenvalue weighted by molar-refractivity contribution is 6.39. The van der Waals surface area contributed by atoms with Crippen molar-refractivity contribution in [1.82, 2.24) is 4.90 Å². The predicted octanol–water partition coefficient (Wildman–Crippen LogP) is 6.03. The lowest BCUT2D eigenvalue weighted by atomic mass is 9.68. The predicted molar refractivity (Wildman–Crippen MR) is 267 cm³/mol. The molecule has 72 heavy (non-hydrogen) atoms. The number of hydroxylamine groups is 1. The van der Waals surface area contributed by atoms with Crippen LogP contribution in [0.5, 0.6) is 0 Å². The summed E-state index contributed by atoms with van der Waals surface area (Å²) < 4.78 is 29.9. The summed E-state index contributed by atoms with van der Waals surface area (Å²) in [6, 6.07) is 8.26. The van der Waals surface area contributed by atoms with E-state index in [1.165, 1.54) is 12.0 Å². The van der Waals surface area contributed by atoms with Gasteiger partial charge in [0.2, 0.25) is 5.79 Å². The highest BCUT2D eigenvalue weighted by Gasteiger charge is 2.57. The second-order valence-corrected chi connectivity index (χ2v) is 21.9. The Labute approximate surface area is 425 Å². The molecule has 1 amide bonds. The molecule has 10 rings (SSSR count). The fourth-order valence-corrected chi connectivity index (χ4v) is 12.6. The van der Waals surface area contributed by atoms with Crippen molar-refractivity contribution in [3.63, 3.8) is 0 Å². The highest BCUT2D eigenvalue weighted by atomic mass is 16.7. The summed E-state index contributed by atoms with van der Waals surface area (Å²) in [6.07, 6.45) is 6.11. The second kappa shape index (κ2) is 24.0. The number of anilines is 1. The number of carbonyl (C=O) groups excluding carboxylic acids is 5. The molecule has 398 valence electrons. The molecule has 1 saturated carbocycles. The number of piperidine rings is 1. The van der Waals surface area contributed by atoms with Gasteiger partial charge >= 0.3 is 5.97 Å². The molecule has 1 aromatic carbocycles. The van der Waals surface area contributed by atoms with Crippen LogP contribution in [-0.4, -0.2) is 144 Å². The molecule has 16 nitrogen and oxygen atoms in total. The fraction of sp³-hybridized carbons (Fsp3) is 0.696. The molecule has 0 radical (unpaired) electrons. The molecule has 8 bridgehead atoms. The number of carbonyl (C=O) groups is 5. The Morgan fingerprint density at radius 3 is 2.25 bits per heavy atom. The number of allylic oxidation sites excluding steroid dienone is 1. The summed E-state index contributed by atoms with van der Waals surface area (Å²) in [5.41, 5.74) is 2.01. The first-order valence-electron chi connectivity index (χ1n) is 26.3. The number of methoxy groups -OCH3 is 3. The van der Waals surface area contributed by atoms with Gasteiger partial charge in [0.05, 0.1) is 36.1 Å². The van der Waals surface area contributed by atoms with E-state index < -0.39 is 108 Å². The summed E-state index contributed by atoms with van der Waals surface area (Å²) in [5.74, 6) is -8.91. The van der Waals surface area contributed by atoms with Crippen LogP contribution in [0.1, 0.15) is 112 Å². The molecule has 16 heteroatoms. The Hall–Kier alpha value is -4.13. The molecule has 1 unspecified atom stereocenters. The molecule has 1 aliphatic carbocycles. The van der Waals surface area contributed by atoms with Crippen molar-refractivity contribution in [3.8, 4) is 0 Å². The van der Waals surface area contributed by atoms with Crippen LogP contribution in [0.25, 0.3) is 0 Å². The Kier molecular flexibility index (Phi) is 18.6. The standard InChI is InChI=1S/C56H80N2O14/c1-31-24-34(4)50(61)52(69-9)51(62)35(5)25-32(2)45(60)30-47-42(27-37-18-22-44(59)48(28-37)68-8)41-16-13-23-57(49(41)55(65)70-47)54(64)53(63)56(66)36(6)17-19-39(71-56)29-46(67-7)33(3)26-40-20-21-43(31)58(72-40)38-14-11-10-12-15-38/h10-12,14-15,20-21,25-26,31-32,34,36-37,39-44,46-49,51-52,59,62,66H,13,16-19,22-24,27-30H2,1-9H3/b33-26+,35-25+/t31-,32+,34+,36+,37-,39-,40+,41?,42-,43-,44+,46-,47-,48+,49-,51+,52-,56+/m0/s1. The highest BCUT2D eigenvalue weighted by Crippen LogP contribution is 2.45. The quantitative estimate of drug-likeness (QED) is 0.169. The third kappa shape index (κ3) is 12.0. The largest absolute Gasteiger partial charge is 0.460 e. The minimum Gasteiger partial charge on any atom is -0.460 e. The molecule has 1 aromatic rings. The molecule has 3 saturated heterocycles. The fourth-order valence-electron chi connectivity index (χ4n) is 12.6. The van der Waals surface area contributed by atoms with E-state index in [2.05, 4.69) is 13.0 Å². The number of ether oxygens (including phenoxy) is 5. The van der Waals surface area contributed by atoms with Crippen molar-refractivity contribution < 1.29 is 67.8 Å². The van der Waals surface area contributed by atoms with Gasteiger partial charge in [-0.25, -0.2) is 9.86 Å². The van der Waals surface area contributed by atoms with E-state index in [0.717, 1.165) is 11.3 Å². The van der Waals surface area contributed by atoms with E-state index in [0.29, 0.717) is 63.4 Å².